The summed E-state index contributed by atoms with van der Waals surface area (Å²) in [6, 6.07) is 8.53. The quantitative estimate of drug-likeness (QED) is 0.767. The van der Waals surface area contributed by atoms with Gasteiger partial charge in [-0.2, -0.15) is 0 Å². The summed E-state index contributed by atoms with van der Waals surface area (Å²) in [6.07, 6.45) is 6.35. The maximum absolute atomic E-state index is 13.0. The number of hydrogen-bond donors (Lipinski definition) is 0. The Bertz CT molecular complexity index is 805. The van der Waals surface area contributed by atoms with Crippen molar-refractivity contribution in [2.75, 3.05) is 39.8 Å². The summed E-state index contributed by atoms with van der Waals surface area (Å²) in [5, 5.41) is 0. The Balaban J connectivity index is 1.20. The summed E-state index contributed by atoms with van der Waals surface area (Å²) < 4.78 is 5.38. The molecule has 3 atom stereocenters. The van der Waals surface area contributed by atoms with E-state index in [9.17, 15) is 9.59 Å². The molecule has 1 aromatic carbocycles. The van der Waals surface area contributed by atoms with Crippen LogP contribution < -0.4 is 4.74 Å². The van der Waals surface area contributed by atoms with Gasteiger partial charge in [0.15, 0.2) is 0 Å². The lowest BCUT2D eigenvalue weighted by Gasteiger charge is -2.54. The van der Waals surface area contributed by atoms with Crippen molar-refractivity contribution in [1.29, 1.82) is 0 Å². The molecule has 4 aliphatic heterocycles. The normalized spacial score (nSPS) is 30.2. The first-order valence-electron chi connectivity index (χ1n) is 11.6. The van der Waals surface area contributed by atoms with Gasteiger partial charge in [-0.05, 0) is 56.1 Å². The van der Waals surface area contributed by atoms with Crippen LogP contribution >= 0.6 is 0 Å². The Hall–Kier alpha value is -2.08. The third kappa shape index (κ3) is 3.59. The number of fused-ring (bicyclic) bond motifs is 4. The van der Waals surface area contributed by atoms with Gasteiger partial charge in [0.1, 0.15) is 5.75 Å². The number of carbonyl (C=O) groups is 2. The van der Waals surface area contributed by atoms with Crippen molar-refractivity contribution < 1.29 is 14.3 Å². The Labute approximate surface area is 179 Å². The van der Waals surface area contributed by atoms with Crippen molar-refractivity contribution in [2.45, 2.75) is 50.6 Å². The molecule has 6 nitrogen and oxygen atoms in total. The standard InChI is InChI=1S/C24H33N3O3/c1-30-22-7-3-2-5-20(22)24(29)25-11-9-19(10-12-25)26-14-17-13-18(16-26)21-6-4-8-23(28)27(21)15-17/h2-3,5,7,17-19,21H,4,6,8-16H2,1H3/t17?,18?,21-/m1/s1. The Morgan fingerprint density at radius 3 is 2.67 bits per heavy atom. The number of benzene rings is 1. The van der Waals surface area contributed by atoms with E-state index < -0.39 is 0 Å². The second-order valence-corrected chi connectivity index (χ2v) is 9.55. The maximum Gasteiger partial charge on any atom is 0.257 e. The van der Waals surface area contributed by atoms with Gasteiger partial charge in [-0.3, -0.25) is 14.5 Å². The highest BCUT2D eigenvalue weighted by atomic mass is 16.5. The van der Waals surface area contributed by atoms with Gasteiger partial charge in [0.25, 0.3) is 5.91 Å². The van der Waals surface area contributed by atoms with Crippen molar-refractivity contribution in [3.8, 4) is 5.75 Å². The van der Waals surface area contributed by atoms with E-state index in [2.05, 4.69) is 9.80 Å². The molecule has 4 saturated heterocycles. The number of likely N-dealkylation sites (tertiary alicyclic amines) is 2. The topological polar surface area (TPSA) is 53.1 Å². The molecule has 4 heterocycles. The number of nitrogens with zero attached hydrogens (tertiary/aromatic N) is 3. The highest BCUT2D eigenvalue weighted by Crippen LogP contribution is 2.39. The minimum atomic E-state index is 0.0813. The predicted octanol–water partition coefficient (Wildman–Crippen LogP) is 2.63. The molecule has 0 spiro atoms. The highest BCUT2D eigenvalue weighted by Gasteiger charge is 2.45. The van der Waals surface area contributed by atoms with E-state index in [1.54, 1.807) is 7.11 Å². The van der Waals surface area contributed by atoms with Crippen LogP contribution in [0.5, 0.6) is 5.75 Å². The number of methoxy groups -OCH3 is 1. The number of hydrogen-bond acceptors (Lipinski definition) is 4. The molecular formula is C24H33N3O3. The Kier molecular flexibility index (Phi) is 5.44. The van der Waals surface area contributed by atoms with Crippen molar-refractivity contribution in [3.63, 3.8) is 0 Å². The fraction of sp³-hybridized carbons (Fsp3) is 0.667. The molecule has 4 aliphatic rings. The second kappa shape index (κ2) is 8.22. The fourth-order valence-corrected chi connectivity index (χ4v) is 6.37. The smallest absolute Gasteiger partial charge is 0.257 e. The van der Waals surface area contributed by atoms with Gasteiger partial charge in [0.05, 0.1) is 12.7 Å². The van der Waals surface area contributed by atoms with Crippen LogP contribution in [-0.2, 0) is 4.79 Å². The van der Waals surface area contributed by atoms with E-state index >= 15 is 0 Å². The van der Waals surface area contributed by atoms with E-state index in [1.165, 1.54) is 12.8 Å². The lowest BCUT2D eigenvalue weighted by atomic mass is 9.75. The zero-order valence-corrected chi connectivity index (χ0v) is 18.0. The molecule has 162 valence electrons. The molecule has 2 amide bonds. The molecule has 6 heteroatoms. The lowest BCUT2D eigenvalue weighted by molar-refractivity contribution is -0.145. The summed E-state index contributed by atoms with van der Waals surface area (Å²) in [6.45, 7) is 4.80. The molecule has 0 radical (unpaired) electrons. The highest BCUT2D eigenvalue weighted by molar-refractivity contribution is 5.97. The summed E-state index contributed by atoms with van der Waals surface area (Å²) in [5.74, 6) is 2.38. The van der Waals surface area contributed by atoms with E-state index in [0.717, 1.165) is 58.4 Å². The fourth-order valence-electron chi connectivity index (χ4n) is 6.37. The van der Waals surface area contributed by atoms with Gasteiger partial charge in [-0.15, -0.1) is 0 Å². The van der Waals surface area contributed by atoms with Crippen LogP contribution in [0.4, 0.5) is 0 Å². The van der Waals surface area contributed by atoms with Crippen LogP contribution in [0.2, 0.25) is 0 Å². The van der Waals surface area contributed by atoms with Gasteiger partial charge in [-0.1, -0.05) is 12.1 Å². The van der Waals surface area contributed by atoms with Gasteiger partial charge >= 0.3 is 0 Å². The first-order chi connectivity index (χ1) is 14.6. The average molecular weight is 412 g/mol. The molecule has 1 aromatic rings. The molecule has 30 heavy (non-hydrogen) atoms. The molecule has 0 N–H and O–H groups in total. The number of rotatable bonds is 3. The SMILES string of the molecule is COc1ccccc1C(=O)N1CCC(N2CC3CC(C2)[C@H]2CCCC(=O)N2C3)CC1. The Morgan fingerprint density at radius 1 is 1.07 bits per heavy atom. The first kappa shape index (κ1) is 19.9. The van der Waals surface area contributed by atoms with E-state index in [0.29, 0.717) is 41.1 Å². The van der Waals surface area contributed by atoms with Crippen LogP contribution in [-0.4, -0.2) is 78.4 Å². The minimum Gasteiger partial charge on any atom is -0.496 e. The summed E-state index contributed by atoms with van der Waals surface area (Å²) in [7, 11) is 1.62. The van der Waals surface area contributed by atoms with Gasteiger partial charge in [0, 0.05) is 51.2 Å². The third-order valence-electron chi connectivity index (χ3n) is 7.81. The zero-order valence-electron chi connectivity index (χ0n) is 18.0. The van der Waals surface area contributed by atoms with Crippen LogP contribution in [0.15, 0.2) is 24.3 Å². The van der Waals surface area contributed by atoms with E-state index in [-0.39, 0.29) is 5.91 Å². The van der Waals surface area contributed by atoms with Gasteiger partial charge in [0.2, 0.25) is 5.91 Å². The van der Waals surface area contributed by atoms with Crippen molar-refractivity contribution in [2.24, 2.45) is 11.8 Å². The van der Waals surface area contributed by atoms with E-state index in [4.69, 9.17) is 4.74 Å². The molecule has 4 fully saturated rings. The maximum atomic E-state index is 13.0. The lowest BCUT2D eigenvalue weighted by Crippen LogP contribution is -2.62. The van der Waals surface area contributed by atoms with Crippen LogP contribution in [0.3, 0.4) is 0 Å². The summed E-state index contributed by atoms with van der Waals surface area (Å²) >= 11 is 0. The minimum absolute atomic E-state index is 0.0813. The molecule has 2 bridgehead atoms. The third-order valence-corrected chi connectivity index (χ3v) is 7.81. The zero-order chi connectivity index (χ0) is 20.7. The van der Waals surface area contributed by atoms with Crippen molar-refractivity contribution in [1.82, 2.24) is 14.7 Å². The molecule has 0 aromatic heterocycles. The number of carbonyl (C=O) groups excluding carboxylic acids is 2. The predicted molar refractivity (Wildman–Crippen MR) is 114 cm³/mol. The number of piperidine rings is 4. The van der Waals surface area contributed by atoms with Gasteiger partial charge in [-0.25, -0.2) is 0 Å². The molecule has 0 saturated carbocycles. The number of ether oxygens (including phenoxy) is 1. The molecular weight excluding hydrogens is 378 g/mol. The summed E-state index contributed by atoms with van der Waals surface area (Å²) in [5.41, 5.74) is 0.660. The van der Waals surface area contributed by atoms with E-state index in [1.807, 2.05) is 29.2 Å². The average Bonchev–Trinajstić information content (AvgIpc) is 2.79. The van der Waals surface area contributed by atoms with Crippen LogP contribution in [0.1, 0.15) is 48.9 Å². The number of para-hydroxylation sites is 1. The monoisotopic (exact) mass is 411 g/mol. The molecule has 0 aliphatic carbocycles. The van der Waals surface area contributed by atoms with Crippen LogP contribution in [0.25, 0.3) is 0 Å². The second-order valence-electron chi connectivity index (χ2n) is 9.55. The first-order valence-corrected chi connectivity index (χ1v) is 11.6. The van der Waals surface area contributed by atoms with Crippen LogP contribution in [0, 0.1) is 11.8 Å². The van der Waals surface area contributed by atoms with Crippen molar-refractivity contribution in [3.05, 3.63) is 29.8 Å². The largest absolute Gasteiger partial charge is 0.496 e. The number of amides is 2. The van der Waals surface area contributed by atoms with Crippen molar-refractivity contribution >= 4 is 11.8 Å². The molecule has 2 unspecified atom stereocenters. The Morgan fingerprint density at radius 2 is 1.87 bits per heavy atom. The van der Waals surface area contributed by atoms with Gasteiger partial charge < -0.3 is 14.5 Å². The summed E-state index contributed by atoms with van der Waals surface area (Å²) in [4.78, 5) is 32.3. The molecule has 5 rings (SSSR count).